The lowest BCUT2D eigenvalue weighted by Crippen LogP contribution is -2.08. The van der Waals surface area contributed by atoms with Crippen molar-refractivity contribution in [3.05, 3.63) is 18.2 Å². The topological polar surface area (TPSA) is 61.4 Å². The molecule has 0 aliphatic heterocycles. The molecule has 0 spiro atoms. The van der Waals surface area contributed by atoms with E-state index in [-0.39, 0.29) is 0 Å². The smallest absolute Gasteiger partial charge is 0.210 e. The molecule has 1 aliphatic rings. The maximum atomic E-state index is 4.31. The van der Waals surface area contributed by atoms with Gasteiger partial charge in [0.2, 0.25) is 5.16 Å². The molecule has 0 aromatic carbocycles. The number of hydrogen-bond donors (Lipinski definition) is 0. The van der Waals surface area contributed by atoms with E-state index in [0.717, 1.165) is 16.7 Å². The fraction of sp³-hybridized carbons (Fsp3) is 0.636. The molecule has 0 amide bonds. The molecular weight excluding hydrogens is 248 g/mol. The Morgan fingerprint density at radius 3 is 2.94 bits per heavy atom. The van der Waals surface area contributed by atoms with Crippen LogP contribution in [0.3, 0.4) is 0 Å². The lowest BCUT2D eigenvalue weighted by atomic mass is 10.3. The number of thioether (sulfide) groups is 1. The summed E-state index contributed by atoms with van der Waals surface area (Å²) in [5, 5.41) is 13.0. The van der Waals surface area contributed by atoms with Crippen molar-refractivity contribution in [2.45, 2.75) is 42.6 Å². The third-order valence-corrected chi connectivity index (χ3v) is 4.31. The molecule has 7 heteroatoms. The van der Waals surface area contributed by atoms with Crippen LogP contribution in [0.15, 0.2) is 17.6 Å². The Labute approximate surface area is 110 Å². The second-order valence-corrected chi connectivity index (χ2v) is 5.53. The molecule has 0 saturated heterocycles. The van der Waals surface area contributed by atoms with E-state index in [9.17, 15) is 0 Å². The van der Waals surface area contributed by atoms with Crippen LogP contribution in [0.5, 0.6) is 0 Å². The highest BCUT2D eigenvalue weighted by atomic mass is 32.2. The van der Waals surface area contributed by atoms with Crippen molar-refractivity contribution in [3.8, 4) is 0 Å². The molecule has 2 aromatic rings. The maximum Gasteiger partial charge on any atom is 0.210 e. The minimum atomic E-state index is 0.490. The molecular formula is C11H16N6S. The number of hydrogen-bond acceptors (Lipinski definition) is 5. The zero-order valence-corrected chi connectivity index (χ0v) is 11.2. The summed E-state index contributed by atoms with van der Waals surface area (Å²) in [5.41, 5.74) is 0. The van der Waals surface area contributed by atoms with E-state index >= 15 is 0 Å². The van der Waals surface area contributed by atoms with E-state index < -0.39 is 0 Å². The van der Waals surface area contributed by atoms with E-state index in [2.05, 4.69) is 20.5 Å². The molecule has 2 aromatic heterocycles. The van der Waals surface area contributed by atoms with Crippen LogP contribution < -0.4 is 0 Å². The second-order valence-electron chi connectivity index (χ2n) is 4.59. The van der Waals surface area contributed by atoms with Gasteiger partial charge in [-0.25, -0.2) is 9.67 Å². The van der Waals surface area contributed by atoms with Gasteiger partial charge in [-0.3, -0.25) is 0 Å². The highest BCUT2D eigenvalue weighted by molar-refractivity contribution is 7.98. The van der Waals surface area contributed by atoms with Crippen LogP contribution >= 0.6 is 11.8 Å². The van der Waals surface area contributed by atoms with Gasteiger partial charge < -0.3 is 4.57 Å². The van der Waals surface area contributed by atoms with Crippen LogP contribution in [0, 0.1) is 0 Å². The predicted octanol–water partition coefficient (Wildman–Crippen LogP) is 1.81. The zero-order chi connectivity index (χ0) is 12.4. The second kappa shape index (κ2) is 5.09. The average Bonchev–Trinajstić information content (AvgIpc) is 3.07. The number of imidazole rings is 1. The minimum absolute atomic E-state index is 0.490. The van der Waals surface area contributed by atoms with E-state index in [1.807, 2.05) is 28.7 Å². The van der Waals surface area contributed by atoms with Gasteiger partial charge in [0.15, 0.2) is 0 Å². The standard InChI is InChI=1S/C11H16N6S/c1-16-7-6-12-10(16)8-18-11-13-14-15-17(11)9-4-2-3-5-9/h6-7,9H,2-5,8H2,1H3. The quantitative estimate of drug-likeness (QED) is 0.788. The van der Waals surface area contributed by atoms with Crippen LogP contribution in [0.25, 0.3) is 0 Å². The first kappa shape index (κ1) is 11.7. The summed E-state index contributed by atoms with van der Waals surface area (Å²) in [6.07, 6.45) is 8.73. The lowest BCUT2D eigenvalue weighted by Gasteiger charge is -2.10. The summed E-state index contributed by atoms with van der Waals surface area (Å²) in [4.78, 5) is 4.31. The van der Waals surface area contributed by atoms with E-state index in [1.54, 1.807) is 11.8 Å². The molecule has 0 unspecified atom stereocenters. The van der Waals surface area contributed by atoms with Crippen molar-refractivity contribution in [3.63, 3.8) is 0 Å². The van der Waals surface area contributed by atoms with E-state index in [1.165, 1.54) is 25.7 Å². The van der Waals surface area contributed by atoms with Gasteiger partial charge in [-0.15, -0.1) is 5.10 Å². The molecule has 0 radical (unpaired) electrons. The highest BCUT2D eigenvalue weighted by Crippen LogP contribution is 2.31. The number of nitrogens with zero attached hydrogens (tertiary/aromatic N) is 6. The molecule has 2 heterocycles. The molecule has 0 atom stereocenters. The van der Waals surface area contributed by atoms with Gasteiger partial charge in [0.05, 0.1) is 11.8 Å². The van der Waals surface area contributed by atoms with Gasteiger partial charge in [0.25, 0.3) is 0 Å². The zero-order valence-electron chi connectivity index (χ0n) is 10.4. The summed E-state index contributed by atoms with van der Waals surface area (Å²) in [7, 11) is 2.00. The summed E-state index contributed by atoms with van der Waals surface area (Å²) in [5.74, 6) is 1.84. The Morgan fingerprint density at radius 2 is 2.22 bits per heavy atom. The largest absolute Gasteiger partial charge is 0.337 e. The molecule has 0 N–H and O–H groups in total. The van der Waals surface area contributed by atoms with Crippen molar-refractivity contribution < 1.29 is 0 Å². The van der Waals surface area contributed by atoms with Crippen molar-refractivity contribution in [1.82, 2.24) is 29.8 Å². The molecule has 0 bridgehead atoms. The van der Waals surface area contributed by atoms with Gasteiger partial charge in [-0.05, 0) is 23.3 Å². The third kappa shape index (κ3) is 2.27. The first-order chi connectivity index (χ1) is 8.84. The fourth-order valence-electron chi connectivity index (χ4n) is 2.32. The summed E-state index contributed by atoms with van der Waals surface area (Å²) in [6, 6.07) is 0.490. The molecule has 1 saturated carbocycles. The normalized spacial score (nSPS) is 16.5. The van der Waals surface area contributed by atoms with Crippen molar-refractivity contribution in [1.29, 1.82) is 0 Å². The van der Waals surface area contributed by atoms with Crippen molar-refractivity contribution in [2.24, 2.45) is 7.05 Å². The van der Waals surface area contributed by atoms with Gasteiger partial charge >= 0.3 is 0 Å². The van der Waals surface area contributed by atoms with Gasteiger partial charge in [-0.1, -0.05) is 24.6 Å². The van der Waals surface area contributed by atoms with Gasteiger partial charge in [0, 0.05) is 19.4 Å². The Hall–Kier alpha value is -1.37. The summed E-state index contributed by atoms with van der Waals surface area (Å²) < 4.78 is 4.01. The van der Waals surface area contributed by atoms with Crippen LogP contribution in [0.2, 0.25) is 0 Å². The Bertz CT molecular complexity index is 513. The van der Waals surface area contributed by atoms with Crippen LogP contribution in [-0.2, 0) is 12.8 Å². The number of tetrazole rings is 1. The molecule has 96 valence electrons. The number of rotatable bonds is 4. The molecule has 3 rings (SSSR count). The molecule has 6 nitrogen and oxygen atoms in total. The third-order valence-electron chi connectivity index (χ3n) is 3.38. The fourth-order valence-corrected chi connectivity index (χ4v) is 3.27. The molecule has 1 fully saturated rings. The predicted molar refractivity (Wildman–Crippen MR) is 68.1 cm³/mol. The van der Waals surface area contributed by atoms with Gasteiger partial charge in [0.1, 0.15) is 5.82 Å². The highest BCUT2D eigenvalue weighted by Gasteiger charge is 2.21. The summed E-state index contributed by atoms with van der Waals surface area (Å²) in [6.45, 7) is 0. The molecule has 18 heavy (non-hydrogen) atoms. The number of aromatic nitrogens is 6. The van der Waals surface area contributed by atoms with Crippen LogP contribution in [-0.4, -0.2) is 29.8 Å². The average molecular weight is 264 g/mol. The van der Waals surface area contributed by atoms with Crippen LogP contribution in [0.1, 0.15) is 37.5 Å². The van der Waals surface area contributed by atoms with E-state index in [4.69, 9.17) is 0 Å². The first-order valence-corrected chi connectivity index (χ1v) is 7.20. The van der Waals surface area contributed by atoms with Gasteiger partial charge in [-0.2, -0.15) is 0 Å². The minimum Gasteiger partial charge on any atom is -0.337 e. The summed E-state index contributed by atoms with van der Waals surface area (Å²) >= 11 is 1.66. The monoisotopic (exact) mass is 264 g/mol. The van der Waals surface area contributed by atoms with E-state index in [0.29, 0.717) is 6.04 Å². The Balaban J connectivity index is 1.69. The Morgan fingerprint density at radius 1 is 1.39 bits per heavy atom. The van der Waals surface area contributed by atoms with Crippen molar-refractivity contribution >= 4 is 11.8 Å². The lowest BCUT2D eigenvalue weighted by molar-refractivity contribution is 0.423. The first-order valence-electron chi connectivity index (χ1n) is 6.21. The van der Waals surface area contributed by atoms with Crippen LogP contribution in [0.4, 0.5) is 0 Å². The molecule has 1 aliphatic carbocycles. The maximum absolute atomic E-state index is 4.31. The number of aryl methyl sites for hydroxylation is 1. The van der Waals surface area contributed by atoms with Crippen molar-refractivity contribution in [2.75, 3.05) is 0 Å². The Kier molecular flexibility index (Phi) is 3.31. The SMILES string of the molecule is Cn1ccnc1CSc1nnnn1C1CCCC1.